The summed E-state index contributed by atoms with van der Waals surface area (Å²) in [6, 6.07) is 71.8. The zero-order chi connectivity index (χ0) is 39.9. The number of hydrogen-bond donors (Lipinski definition) is 0. The quantitative estimate of drug-likeness (QED) is 0.162. The Morgan fingerprint density at radius 2 is 0.683 bits per heavy atom. The second-order valence-corrected chi connectivity index (χ2v) is 16.3. The maximum absolute atomic E-state index is 5.05. The average molecular weight is 770 g/mol. The lowest BCUT2D eigenvalue weighted by Gasteiger charge is -2.37. The second kappa shape index (κ2) is 15.2. The minimum absolute atomic E-state index is 0.123. The van der Waals surface area contributed by atoms with E-state index in [2.05, 4.69) is 164 Å². The molecule has 8 aromatic carbocycles. The van der Waals surface area contributed by atoms with Gasteiger partial charge in [-0.2, -0.15) is 0 Å². The lowest BCUT2D eigenvalue weighted by Crippen LogP contribution is -2.28. The van der Waals surface area contributed by atoms with Gasteiger partial charge in [0.1, 0.15) is 0 Å². The van der Waals surface area contributed by atoms with Crippen molar-refractivity contribution in [2.45, 2.75) is 37.5 Å². The van der Waals surface area contributed by atoms with Crippen LogP contribution in [-0.4, -0.2) is 15.0 Å². The van der Waals surface area contributed by atoms with Gasteiger partial charge < -0.3 is 0 Å². The van der Waals surface area contributed by atoms with E-state index in [9.17, 15) is 0 Å². The predicted molar refractivity (Wildman–Crippen MR) is 247 cm³/mol. The highest BCUT2D eigenvalue weighted by Gasteiger charge is 2.45. The molecule has 1 fully saturated rings. The summed E-state index contributed by atoms with van der Waals surface area (Å²) in [6.07, 6.45) is 6.38. The van der Waals surface area contributed by atoms with Gasteiger partial charge in [-0.1, -0.05) is 213 Å². The van der Waals surface area contributed by atoms with Gasteiger partial charge in [0.25, 0.3) is 0 Å². The Bertz CT molecular complexity index is 2960. The Kier molecular flexibility index (Phi) is 9.08. The van der Waals surface area contributed by atoms with Crippen LogP contribution in [0.15, 0.2) is 200 Å². The van der Waals surface area contributed by atoms with E-state index in [1.165, 1.54) is 76.6 Å². The van der Waals surface area contributed by atoms with Gasteiger partial charge in [-0.3, -0.25) is 0 Å². The van der Waals surface area contributed by atoms with E-state index < -0.39 is 0 Å². The van der Waals surface area contributed by atoms with Crippen LogP contribution in [0.5, 0.6) is 0 Å². The van der Waals surface area contributed by atoms with Crippen molar-refractivity contribution in [3.05, 3.63) is 211 Å². The van der Waals surface area contributed by atoms with Crippen molar-refractivity contribution >= 4 is 0 Å². The third-order valence-electron chi connectivity index (χ3n) is 12.8. The molecular weight excluding hydrogens is 727 g/mol. The first-order chi connectivity index (χ1) is 29.7. The molecule has 0 aliphatic heterocycles. The molecule has 60 heavy (non-hydrogen) atoms. The van der Waals surface area contributed by atoms with Gasteiger partial charge in [0.2, 0.25) is 0 Å². The van der Waals surface area contributed by atoms with E-state index in [1.54, 1.807) is 5.56 Å². The fourth-order valence-electron chi connectivity index (χ4n) is 9.81. The Morgan fingerprint density at radius 1 is 0.283 bits per heavy atom. The van der Waals surface area contributed by atoms with Crippen LogP contribution in [0.3, 0.4) is 0 Å². The van der Waals surface area contributed by atoms with E-state index in [4.69, 9.17) is 15.0 Å². The molecule has 0 bridgehead atoms. The van der Waals surface area contributed by atoms with Gasteiger partial charge >= 0.3 is 0 Å². The summed E-state index contributed by atoms with van der Waals surface area (Å²) in [5, 5.41) is 0. The molecule has 11 rings (SSSR count). The summed E-state index contributed by atoms with van der Waals surface area (Å²) in [7, 11) is 0. The van der Waals surface area contributed by atoms with Crippen molar-refractivity contribution in [2.24, 2.45) is 0 Å². The monoisotopic (exact) mass is 769 g/mol. The fraction of sp³-hybridized carbons (Fsp3) is 0.105. The smallest absolute Gasteiger partial charge is 0.164 e. The molecule has 2 aliphatic carbocycles. The Hall–Kier alpha value is -7.23. The third-order valence-corrected chi connectivity index (χ3v) is 12.8. The maximum atomic E-state index is 5.05. The van der Waals surface area contributed by atoms with Crippen molar-refractivity contribution in [3.63, 3.8) is 0 Å². The molecule has 2 aliphatic rings. The Balaban J connectivity index is 0.884. The van der Waals surface area contributed by atoms with Gasteiger partial charge in [0, 0.05) is 22.1 Å². The summed E-state index contributed by atoms with van der Waals surface area (Å²) in [5.41, 5.74) is 18.6. The normalized spacial score (nSPS) is 13.8. The van der Waals surface area contributed by atoms with Crippen LogP contribution in [0, 0.1) is 0 Å². The van der Waals surface area contributed by atoms with E-state index in [0.717, 1.165) is 33.4 Å². The van der Waals surface area contributed by atoms with Gasteiger partial charge in [0.05, 0.1) is 0 Å². The molecule has 0 unspecified atom stereocenters. The molecule has 3 heteroatoms. The molecule has 1 aromatic heterocycles. The standard InChI is InChI=1S/C57H43N3/c1-4-14-39(15-5-1)40-30-34-46(35-31-40)55-58-54(45-16-6-2-7-17-45)59-56(60-55)48-19-12-18-47(38-48)43-26-24-41(25-27-43)42-28-32-44(33-29-42)49-21-13-22-51-50-20-8-9-23-52(50)57(53(49)51)36-10-3-11-37-57/h1-2,4-9,12-35,38H,3,10-11,36-37H2. The molecular formula is C57H43N3. The average Bonchev–Trinajstić information content (AvgIpc) is 3.61. The van der Waals surface area contributed by atoms with Crippen molar-refractivity contribution < 1.29 is 0 Å². The third kappa shape index (κ3) is 6.44. The highest BCUT2D eigenvalue weighted by atomic mass is 15.0. The van der Waals surface area contributed by atoms with Crippen molar-refractivity contribution in [1.29, 1.82) is 0 Å². The number of rotatable bonds is 7. The molecule has 0 radical (unpaired) electrons. The first-order valence-electron chi connectivity index (χ1n) is 21.2. The van der Waals surface area contributed by atoms with E-state index in [-0.39, 0.29) is 5.41 Å². The van der Waals surface area contributed by atoms with E-state index in [0.29, 0.717) is 17.5 Å². The molecule has 3 nitrogen and oxygen atoms in total. The molecule has 0 N–H and O–H groups in total. The fourth-order valence-corrected chi connectivity index (χ4v) is 9.81. The van der Waals surface area contributed by atoms with Gasteiger partial charge in [-0.05, 0) is 85.7 Å². The molecule has 1 spiro atoms. The van der Waals surface area contributed by atoms with E-state index in [1.807, 2.05) is 36.4 Å². The highest BCUT2D eigenvalue weighted by Crippen LogP contribution is 2.58. The number of hydrogen-bond acceptors (Lipinski definition) is 3. The summed E-state index contributed by atoms with van der Waals surface area (Å²) in [5.74, 6) is 1.94. The highest BCUT2D eigenvalue weighted by molar-refractivity contribution is 5.89. The van der Waals surface area contributed by atoms with Crippen LogP contribution in [0.1, 0.15) is 43.2 Å². The number of fused-ring (bicyclic) bond motifs is 5. The van der Waals surface area contributed by atoms with Crippen LogP contribution in [0.25, 0.3) is 89.8 Å². The molecule has 1 saturated carbocycles. The lowest BCUT2D eigenvalue weighted by atomic mass is 9.66. The summed E-state index contributed by atoms with van der Waals surface area (Å²) in [4.78, 5) is 15.0. The molecule has 286 valence electrons. The summed E-state index contributed by atoms with van der Waals surface area (Å²) < 4.78 is 0. The van der Waals surface area contributed by atoms with Gasteiger partial charge in [-0.25, -0.2) is 15.0 Å². The van der Waals surface area contributed by atoms with Crippen molar-refractivity contribution in [2.75, 3.05) is 0 Å². The van der Waals surface area contributed by atoms with Crippen LogP contribution in [0.2, 0.25) is 0 Å². The summed E-state index contributed by atoms with van der Waals surface area (Å²) >= 11 is 0. The molecule has 0 saturated heterocycles. The SMILES string of the molecule is c1ccc(-c2ccc(-c3nc(-c4ccccc4)nc(-c4cccc(-c5ccc(-c6ccc(-c7cccc8c7C7(CCCCC7)c7ccccc7-8)cc6)cc5)c4)n3)cc2)cc1. The molecule has 0 atom stereocenters. The molecule has 0 amide bonds. The largest absolute Gasteiger partial charge is 0.208 e. The zero-order valence-corrected chi connectivity index (χ0v) is 33.4. The zero-order valence-electron chi connectivity index (χ0n) is 33.4. The first kappa shape index (κ1) is 35.9. The van der Waals surface area contributed by atoms with Crippen LogP contribution < -0.4 is 0 Å². The minimum atomic E-state index is 0.123. The van der Waals surface area contributed by atoms with Crippen LogP contribution in [0.4, 0.5) is 0 Å². The van der Waals surface area contributed by atoms with E-state index >= 15 is 0 Å². The second-order valence-electron chi connectivity index (χ2n) is 16.3. The van der Waals surface area contributed by atoms with Crippen LogP contribution >= 0.6 is 0 Å². The Labute approximate surface area is 352 Å². The topological polar surface area (TPSA) is 38.7 Å². The summed E-state index contributed by atoms with van der Waals surface area (Å²) in [6.45, 7) is 0. The Morgan fingerprint density at radius 3 is 1.32 bits per heavy atom. The number of nitrogens with zero attached hydrogens (tertiary/aromatic N) is 3. The van der Waals surface area contributed by atoms with Gasteiger partial charge in [0.15, 0.2) is 17.5 Å². The molecule has 9 aromatic rings. The lowest BCUT2D eigenvalue weighted by molar-refractivity contribution is 0.353. The maximum Gasteiger partial charge on any atom is 0.164 e. The number of aromatic nitrogens is 3. The predicted octanol–water partition coefficient (Wildman–Crippen LogP) is 14.8. The minimum Gasteiger partial charge on any atom is -0.208 e. The number of benzene rings is 8. The first-order valence-corrected chi connectivity index (χ1v) is 21.2. The van der Waals surface area contributed by atoms with Crippen molar-refractivity contribution in [3.8, 4) is 89.8 Å². The molecule has 1 heterocycles. The van der Waals surface area contributed by atoms with Crippen LogP contribution in [-0.2, 0) is 5.41 Å². The van der Waals surface area contributed by atoms with Crippen molar-refractivity contribution in [1.82, 2.24) is 15.0 Å². The van der Waals surface area contributed by atoms with Gasteiger partial charge in [-0.15, -0.1) is 0 Å².